The highest BCUT2D eigenvalue weighted by Gasteiger charge is 2.65. The number of hydrogen-bond donors (Lipinski definition) is 2. The van der Waals surface area contributed by atoms with Crippen molar-refractivity contribution in [3.8, 4) is 17.2 Å². The SMILES string of the molecule is C=CCOC12Oc3ccc(Oc4ccc5ccccc5c4)cc3C3C(CCCCO)C(CCCCO)C=C(C(=NOCC)CC1N(Cc1ccc(F)cc1)C(=O)CCC1CCCC1)C32. The summed E-state index contributed by atoms with van der Waals surface area (Å²) < 4.78 is 35.7. The number of fused-ring (bicyclic) bond motifs is 3. The van der Waals surface area contributed by atoms with Crippen LogP contribution >= 0.6 is 0 Å². The second-order valence-electron chi connectivity index (χ2n) is 18.1. The van der Waals surface area contributed by atoms with E-state index in [4.69, 9.17) is 24.2 Å². The molecular formula is C54H65FN2O7. The molecule has 1 heterocycles. The summed E-state index contributed by atoms with van der Waals surface area (Å²) in [4.78, 5) is 23.0. The van der Waals surface area contributed by atoms with Gasteiger partial charge in [-0.05, 0) is 121 Å². The predicted molar refractivity (Wildman–Crippen MR) is 249 cm³/mol. The first-order valence-corrected chi connectivity index (χ1v) is 23.8. The molecule has 0 saturated heterocycles. The largest absolute Gasteiger partial charge is 0.459 e. The number of aliphatic hydroxyl groups is 2. The third-order valence-corrected chi connectivity index (χ3v) is 14.1. The lowest BCUT2D eigenvalue weighted by atomic mass is 9.55. The number of hydrogen-bond acceptors (Lipinski definition) is 8. The van der Waals surface area contributed by atoms with Crippen molar-refractivity contribution in [3.63, 3.8) is 0 Å². The Labute approximate surface area is 377 Å². The number of carbonyl (C=O) groups excluding carboxylic acids is 1. The molecule has 0 spiro atoms. The Bertz CT molecular complexity index is 2270. The molecule has 2 N–H and O–H groups in total. The van der Waals surface area contributed by atoms with Crippen LogP contribution in [0, 0.1) is 29.5 Å². The molecule has 1 aliphatic heterocycles. The van der Waals surface area contributed by atoms with Crippen molar-refractivity contribution in [3.05, 3.63) is 126 Å². The minimum absolute atomic E-state index is 0.00624. The van der Waals surface area contributed by atoms with Crippen LogP contribution < -0.4 is 9.47 Å². The van der Waals surface area contributed by atoms with E-state index < -0.39 is 17.7 Å². The van der Waals surface area contributed by atoms with Gasteiger partial charge in [0.2, 0.25) is 11.7 Å². The molecule has 0 bridgehead atoms. The van der Waals surface area contributed by atoms with Crippen LogP contribution in [0.4, 0.5) is 4.39 Å². The van der Waals surface area contributed by atoms with E-state index >= 15 is 4.79 Å². The van der Waals surface area contributed by atoms with Crippen LogP contribution in [0.2, 0.25) is 0 Å². The van der Waals surface area contributed by atoms with Gasteiger partial charge in [0.05, 0.1) is 18.2 Å². The molecule has 4 aromatic rings. The molecule has 1 amide bonds. The zero-order valence-electron chi connectivity index (χ0n) is 37.3. The molecule has 0 aromatic heterocycles. The lowest BCUT2D eigenvalue weighted by molar-refractivity contribution is -0.258. The molecule has 2 saturated carbocycles. The van der Waals surface area contributed by atoms with Gasteiger partial charge in [0.25, 0.3) is 0 Å². The summed E-state index contributed by atoms with van der Waals surface area (Å²) in [7, 11) is 0. The molecule has 0 radical (unpaired) electrons. The van der Waals surface area contributed by atoms with E-state index in [-0.39, 0.29) is 55.8 Å². The van der Waals surface area contributed by atoms with E-state index in [1.165, 1.54) is 25.0 Å². The first kappa shape index (κ1) is 45.5. The van der Waals surface area contributed by atoms with Crippen LogP contribution in [-0.4, -0.2) is 65.0 Å². The Kier molecular flexibility index (Phi) is 15.2. The molecule has 340 valence electrons. The molecule has 6 unspecified atom stereocenters. The van der Waals surface area contributed by atoms with Gasteiger partial charge in [-0.25, -0.2) is 4.39 Å². The second-order valence-corrected chi connectivity index (χ2v) is 18.1. The van der Waals surface area contributed by atoms with Gasteiger partial charge in [0, 0.05) is 44.1 Å². The van der Waals surface area contributed by atoms with Gasteiger partial charge in [-0.15, -0.1) is 6.58 Å². The van der Waals surface area contributed by atoms with Gasteiger partial charge in [-0.2, -0.15) is 0 Å². The van der Waals surface area contributed by atoms with Crippen LogP contribution in [0.3, 0.4) is 0 Å². The highest BCUT2D eigenvalue weighted by molar-refractivity contribution is 6.03. The number of unbranched alkanes of at least 4 members (excludes halogenated alkanes) is 2. The maximum absolute atomic E-state index is 15.1. The minimum atomic E-state index is -1.39. The first-order chi connectivity index (χ1) is 31.3. The number of oxime groups is 1. The van der Waals surface area contributed by atoms with Crippen LogP contribution in [0.5, 0.6) is 17.2 Å². The standard InChI is InChI=1S/C54H65FN2O7/c1-3-31-61-54-50(57(36-38-19-23-42(55)24-20-38)51(60)28-21-37-13-5-6-14-37)35-48(56-62-4-2)46-33-41(17-9-11-29-58)45(18-10-12-30-59)52(53(46)54)47-34-44(26-27-49(47)64-54)63-43-25-22-39-15-7-8-16-40(39)32-43/h3,7-8,15-16,19-20,22-27,32-34,37,41,45,50,52-53,58-59H,1,4-6,9-14,17-18,21,28-31,35-36H2,2H3. The molecule has 10 heteroatoms. The summed E-state index contributed by atoms with van der Waals surface area (Å²) in [5.74, 6) is 0.363. The number of allylic oxidation sites excluding steroid dienone is 1. The van der Waals surface area contributed by atoms with Gasteiger partial charge in [0.15, 0.2) is 0 Å². The van der Waals surface area contributed by atoms with Crippen molar-refractivity contribution >= 4 is 22.4 Å². The average molecular weight is 873 g/mol. The Morgan fingerprint density at radius 3 is 2.41 bits per heavy atom. The molecule has 8 rings (SSSR count). The lowest BCUT2D eigenvalue weighted by Crippen LogP contribution is -2.70. The average Bonchev–Trinajstić information content (AvgIpc) is 3.84. The Morgan fingerprint density at radius 1 is 0.922 bits per heavy atom. The van der Waals surface area contributed by atoms with E-state index in [2.05, 4.69) is 43.0 Å². The fraction of sp³-hybridized carbons (Fsp3) is 0.481. The van der Waals surface area contributed by atoms with Gasteiger partial charge in [0.1, 0.15) is 35.7 Å². The third kappa shape index (κ3) is 9.94. The van der Waals surface area contributed by atoms with Crippen molar-refractivity contribution in [1.82, 2.24) is 4.90 Å². The number of ether oxygens (including phenoxy) is 3. The fourth-order valence-corrected chi connectivity index (χ4v) is 11.2. The summed E-state index contributed by atoms with van der Waals surface area (Å²) in [6, 6.07) is 26.1. The number of aliphatic hydroxyl groups excluding tert-OH is 2. The number of benzene rings is 4. The third-order valence-electron chi connectivity index (χ3n) is 14.1. The topological polar surface area (TPSA) is 110 Å². The van der Waals surface area contributed by atoms with Crippen LogP contribution in [0.25, 0.3) is 10.8 Å². The molecule has 64 heavy (non-hydrogen) atoms. The van der Waals surface area contributed by atoms with Gasteiger partial charge >= 0.3 is 0 Å². The monoisotopic (exact) mass is 872 g/mol. The molecular weight excluding hydrogens is 808 g/mol. The number of carbonyl (C=O) groups is 1. The molecule has 4 aromatic carbocycles. The maximum atomic E-state index is 15.1. The van der Waals surface area contributed by atoms with Crippen molar-refractivity contribution in [1.29, 1.82) is 0 Å². The maximum Gasteiger partial charge on any atom is 0.239 e. The fourth-order valence-electron chi connectivity index (χ4n) is 11.2. The van der Waals surface area contributed by atoms with E-state index in [1.54, 1.807) is 18.2 Å². The van der Waals surface area contributed by atoms with Gasteiger partial charge in [-0.3, -0.25) is 4.79 Å². The van der Waals surface area contributed by atoms with Gasteiger partial charge < -0.3 is 34.2 Å². The van der Waals surface area contributed by atoms with Crippen molar-refractivity contribution in [2.45, 2.75) is 115 Å². The number of nitrogens with zero attached hydrogens (tertiary/aromatic N) is 2. The number of rotatable bonds is 21. The van der Waals surface area contributed by atoms with Gasteiger partial charge in [-0.1, -0.05) is 98.3 Å². The summed E-state index contributed by atoms with van der Waals surface area (Å²) in [6.07, 6.45) is 14.9. The number of halogens is 1. The van der Waals surface area contributed by atoms with Crippen LogP contribution in [0.15, 0.2) is 114 Å². The predicted octanol–water partition coefficient (Wildman–Crippen LogP) is 11.4. The summed E-state index contributed by atoms with van der Waals surface area (Å²) in [5.41, 5.74) is 3.53. The van der Waals surface area contributed by atoms with Crippen molar-refractivity contribution < 1.29 is 38.4 Å². The van der Waals surface area contributed by atoms with E-state index in [1.807, 2.05) is 42.2 Å². The Morgan fingerprint density at radius 2 is 1.66 bits per heavy atom. The van der Waals surface area contributed by atoms with Crippen LogP contribution in [-0.2, 0) is 20.9 Å². The lowest BCUT2D eigenvalue weighted by Gasteiger charge is -2.60. The summed E-state index contributed by atoms with van der Waals surface area (Å²) in [5, 5.41) is 27.1. The Balaban J connectivity index is 1.30. The van der Waals surface area contributed by atoms with E-state index in [9.17, 15) is 14.6 Å². The summed E-state index contributed by atoms with van der Waals surface area (Å²) >= 11 is 0. The van der Waals surface area contributed by atoms with Crippen molar-refractivity contribution in [2.24, 2.45) is 28.8 Å². The molecule has 6 atom stereocenters. The normalized spacial score (nSPS) is 24.4. The Hall–Kier alpha value is -5.03. The van der Waals surface area contributed by atoms with E-state index in [0.717, 1.165) is 83.9 Å². The highest BCUT2D eigenvalue weighted by atomic mass is 19.1. The zero-order chi connectivity index (χ0) is 44.5. The van der Waals surface area contributed by atoms with Crippen molar-refractivity contribution in [2.75, 3.05) is 26.4 Å². The minimum Gasteiger partial charge on any atom is -0.459 e. The molecule has 3 aliphatic carbocycles. The van der Waals surface area contributed by atoms with E-state index in [0.29, 0.717) is 49.7 Å². The smallest absolute Gasteiger partial charge is 0.239 e. The summed E-state index contributed by atoms with van der Waals surface area (Å²) in [6.45, 7) is 6.97. The number of amides is 1. The second kappa shape index (κ2) is 21.3. The molecule has 9 nitrogen and oxygen atoms in total. The highest BCUT2D eigenvalue weighted by Crippen LogP contribution is 2.62. The quantitative estimate of drug-likeness (QED) is 0.0487. The molecule has 2 fully saturated rings. The van der Waals surface area contributed by atoms with Crippen LogP contribution in [0.1, 0.15) is 107 Å². The zero-order valence-corrected chi connectivity index (χ0v) is 37.3. The first-order valence-electron chi connectivity index (χ1n) is 23.8. The molecule has 4 aliphatic rings.